The summed E-state index contributed by atoms with van der Waals surface area (Å²) in [4.78, 5) is 9.25. The van der Waals surface area contributed by atoms with Crippen LogP contribution in [0, 0.1) is 0 Å². The van der Waals surface area contributed by atoms with Crippen molar-refractivity contribution in [1.82, 2.24) is 0 Å². The van der Waals surface area contributed by atoms with E-state index in [0.29, 0.717) is 6.61 Å². The molecular formula is C12H26O7. The number of aliphatic hydroxyl groups excluding tert-OH is 4. The fourth-order valence-electron chi connectivity index (χ4n) is 0.356. The van der Waals surface area contributed by atoms with Gasteiger partial charge in [-0.15, -0.1) is 0 Å². The van der Waals surface area contributed by atoms with Crippen LogP contribution in [0.25, 0.3) is 0 Å². The molecule has 0 amide bonds. The third kappa shape index (κ3) is 38.2. The molecule has 0 heterocycles. The van der Waals surface area contributed by atoms with Crippen molar-refractivity contribution in [2.75, 3.05) is 19.8 Å². The zero-order valence-electron chi connectivity index (χ0n) is 11.7. The Balaban J connectivity index is -0.000000219. The second-order valence-corrected chi connectivity index (χ2v) is 3.75. The lowest BCUT2D eigenvalue weighted by Crippen LogP contribution is -2.19. The van der Waals surface area contributed by atoms with Crippen LogP contribution in [0.5, 0.6) is 0 Å². The fourth-order valence-corrected chi connectivity index (χ4v) is 0.356. The third-order valence-corrected chi connectivity index (χ3v) is 1.32. The number of aliphatic hydroxyl groups is 4. The van der Waals surface area contributed by atoms with Crippen molar-refractivity contribution in [1.29, 1.82) is 0 Å². The van der Waals surface area contributed by atoms with Gasteiger partial charge in [0.15, 0.2) is 0 Å². The quantitative estimate of drug-likeness (QED) is 0.411. The standard InChI is InChI=1S/C6H14O3.C3H8O2.C3H4O2/c1-5(8)4-9-6(2)3-7;1-3(5)2-4;1-2-3(4)5/h5-8H,3-4H2,1-2H3;3-5H,2H2,1H3;2H,1H2,(H,4,5). The number of carboxylic acid groups (broad SMARTS) is 1. The number of hydrogen-bond donors (Lipinski definition) is 5. The first-order valence-corrected chi connectivity index (χ1v) is 5.75. The first-order chi connectivity index (χ1) is 8.70. The lowest BCUT2D eigenvalue weighted by molar-refractivity contribution is -0.131. The van der Waals surface area contributed by atoms with Crippen LogP contribution in [0.2, 0.25) is 0 Å². The molecule has 5 N–H and O–H groups in total. The highest BCUT2D eigenvalue weighted by Crippen LogP contribution is 1.90. The van der Waals surface area contributed by atoms with E-state index < -0.39 is 18.2 Å². The Morgan fingerprint density at radius 2 is 1.53 bits per heavy atom. The highest BCUT2D eigenvalue weighted by atomic mass is 16.5. The van der Waals surface area contributed by atoms with Gasteiger partial charge in [0.1, 0.15) is 0 Å². The summed E-state index contributed by atoms with van der Waals surface area (Å²) < 4.78 is 4.95. The molecule has 19 heavy (non-hydrogen) atoms. The van der Waals surface area contributed by atoms with Crippen molar-refractivity contribution in [3.63, 3.8) is 0 Å². The van der Waals surface area contributed by atoms with Crippen LogP contribution in [0.4, 0.5) is 0 Å². The van der Waals surface area contributed by atoms with Gasteiger partial charge in [-0.3, -0.25) is 0 Å². The molecule has 0 bridgehead atoms. The molecule has 0 spiro atoms. The molecule has 3 atom stereocenters. The van der Waals surface area contributed by atoms with Crippen LogP contribution in [-0.2, 0) is 9.53 Å². The molecular weight excluding hydrogens is 256 g/mol. The molecule has 0 aliphatic heterocycles. The van der Waals surface area contributed by atoms with Crippen molar-refractivity contribution < 1.29 is 35.1 Å². The monoisotopic (exact) mass is 282 g/mol. The zero-order chi connectivity index (χ0) is 15.8. The number of ether oxygens (including phenoxy) is 1. The van der Waals surface area contributed by atoms with Gasteiger partial charge in [-0.1, -0.05) is 6.58 Å². The lowest BCUT2D eigenvalue weighted by Gasteiger charge is -2.10. The Morgan fingerprint density at radius 1 is 1.16 bits per heavy atom. The van der Waals surface area contributed by atoms with Gasteiger partial charge >= 0.3 is 5.97 Å². The molecule has 0 aromatic rings. The van der Waals surface area contributed by atoms with Crippen molar-refractivity contribution >= 4 is 5.97 Å². The molecule has 3 unspecified atom stereocenters. The molecule has 0 aromatic carbocycles. The Labute approximate surface area is 113 Å². The Kier molecular flexibility index (Phi) is 20.7. The average Bonchev–Trinajstić information content (AvgIpc) is 2.37. The number of carboxylic acids is 1. The van der Waals surface area contributed by atoms with E-state index in [1.807, 2.05) is 0 Å². The highest BCUT2D eigenvalue weighted by molar-refractivity contribution is 5.78. The first kappa shape index (κ1) is 23.1. The summed E-state index contributed by atoms with van der Waals surface area (Å²) in [6.07, 6.45) is -0.339. The van der Waals surface area contributed by atoms with Crippen LogP contribution in [0.1, 0.15) is 20.8 Å². The van der Waals surface area contributed by atoms with Gasteiger partial charge in [0, 0.05) is 6.08 Å². The van der Waals surface area contributed by atoms with E-state index >= 15 is 0 Å². The van der Waals surface area contributed by atoms with E-state index in [-0.39, 0.29) is 19.3 Å². The number of carbonyl (C=O) groups is 1. The minimum absolute atomic E-state index is 0.00667. The normalized spacial score (nSPS) is 13.8. The van der Waals surface area contributed by atoms with Crippen LogP contribution >= 0.6 is 0 Å². The van der Waals surface area contributed by atoms with Crippen molar-refractivity contribution in [3.8, 4) is 0 Å². The van der Waals surface area contributed by atoms with Crippen LogP contribution in [-0.4, -0.2) is 69.6 Å². The lowest BCUT2D eigenvalue weighted by atomic mass is 10.4. The smallest absolute Gasteiger partial charge is 0.327 e. The zero-order valence-corrected chi connectivity index (χ0v) is 11.7. The van der Waals surface area contributed by atoms with Gasteiger partial charge in [-0.05, 0) is 20.8 Å². The van der Waals surface area contributed by atoms with Crippen LogP contribution < -0.4 is 0 Å². The highest BCUT2D eigenvalue weighted by Gasteiger charge is 2.00. The minimum Gasteiger partial charge on any atom is -0.478 e. The molecule has 0 rings (SSSR count). The molecule has 0 saturated heterocycles. The Bertz CT molecular complexity index is 204. The molecule has 0 aromatic heterocycles. The van der Waals surface area contributed by atoms with E-state index in [4.69, 9.17) is 30.3 Å². The molecule has 0 aliphatic carbocycles. The van der Waals surface area contributed by atoms with Crippen molar-refractivity contribution in [2.45, 2.75) is 39.1 Å². The van der Waals surface area contributed by atoms with Crippen molar-refractivity contribution in [2.24, 2.45) is 0 Å². The van der Waals surface area contributed by atoms with Gasteiger partial charge in [-0.25, -0.2) is 4.79 Å². The molecule has 0 saturated carbocycles. The summed E-state index contributed by atoms with van der Waals surface area (Å²) in [6.45, 7) is 8.04. The molecule has 0 fully saturated rings. The van der Waals surface area contributed by atoms with Gasteiger partial charge in [0.2, 0.25) is 0 Å². The summed E-state index contributed by atoms with van der Waals surface area (Å²) in [7, 11) is 0. The number of rotatable bonds is 6. The van der Waals surface area contributed by atoms with Gasteiger partial charge in [0.05, 0.1) is 38.1 Å². The maximum absolute atomic E-state index is 9.25. The fraction of sp³-hybridized carbons (Fsp3) is 0.750. The first-order valence-electron chi connectivity index (χ1n) is 5.75. The molecule has 0 radical (unpaired) electrons. The van der Waals surface area contributed by atoms with Crippen LogP contribution in [0.15, 0.2) is 12.7 Å². The number of hydrogen-bond acceptors (Lipinski definition) is 6. The average molecular weight is 282 g/mol. The Morgan fingerprint density at radius 3 is 1.68 bits per heavy atom. The van der Waals surface area contributed by atoms with Gasteiger partial charge < -0.3 is 30.3 Å². The van der Waals surface area contributed by atoms with E-state index in [1.165, 1.54) is 6.92 Å². The summed E-state index contributed by atoms with van der Waals surface area (Å²) in [5.41, 5.74) is 0. The third-order valence-electron chi connectivity index (χ3n) is 1.32. The SMILES string of the molecule is C=CC(=O)O.CC(O)CO.CC(O)COC(C)CO. The minimum atomic E-state index is -0.981. The van der Waals surface area contributed by atoms with Crippen molar-refractivity contribution in [3.05, 3.63) is 12.7 Å². The topological polar surface area (TPSA) is 127 Å². The molecule has 116 valence electrons. The van der Waals surface area contributed by atoms with Crippen LogP contribution in [0.3, 0.4) is 0 Å². The summed E-state index contributed by atoms with van der Waals surface area (Å²) in [6, 6.07) is 0. The largest absolute Gasteiger partial charge is 0.478 e. The molecule has 7 heteroatoms. The molecule has 7 nitrogen and oxygen atoms in total. The summed E-state index contributed by atoms with van der Waals surface area (Å²) in [5, 5.41) is 40.7. The van der Waals surface area contributed by atoms with Gasteiger partial charge in [0.25, 0.3) is 0 Å². The Hall–Kier alpha value is -0.990. The maximum Gasteiger partial charge on any atom is 0.327 e. The van der Waals surface area contributed by atoms with E-state index in [0.717, 1.165) is 6.08 Å². The van der Waals surface area contributed by atoms with E-state index in [2.05, 4.69) is 6.58 Å². The predicted octanol–water partition coefficient (Wildman–Crippen LogP) is -0.619. The number of aliphatic carboxylic acids is 1. The summed E-state index contributed by atoms with van der Waals surface area (Å²) in [5.74, 6) is -0.981. The predicted molar refractivity (Wildman–Crippen MR) is 70.8 cm³/mol. The van der Waals surface area contributed by atoms with Gasteiger partial charge in [-0.2, -0.15) is 0 Å². The summed E-state index contributed by atoms with van der Waals surface area (Å²) >= 11 is 0. The maximum atomic E-state index is 9.25. The van der Waals surface area contributed by atoms with E-state index in [1.54, 1.807) is 13.8 Å². The second-order valence-electron chi connectivity index (χ2n) is 3.75. The second kappa shape index (κ2) is 17.0. The van der Waals surface area contributed by atoms with E-state index in [9.17, 15) is 4.79 Å². The molecule has 0 aliphatic rings.